The van der Waals surface area contributed by atoms with Crippen LogP contribution in [0.4, 0.5) is 0 Å². The molecule has 1 unspecified atom stereocenters. The molecule has 1 aromatic carbocycles. The van der Waals surface area contributed by atoms with Crippen LogP contribution in [0.3, 0.4) is 0 Å². The average Bonchev–Trinajstić information content (AvgIpc) is 2.69. The first kappa shape index (κ1) is 15.4. The molecule has 0 saturated carbocycles. The van der Waals surface area contributed by atoms with Gasteiger partial charge < -0.3 is 15.0 Å². The number of sulfone groups is 1. The summed E-state index contributed by atoms with van der Waals surface area (Å²) in [6.07, 6.45) is 0. The summed E-state index contributed by atoms with van der Waals surface area (Å²) in [6.45, 7) is 3.20. The second-order valence-electron chi connectivity index (χ2n) is 5.12. The van der Waals surface area contributed by atoms with Crippen molar-refractivity contribution >= 4 is 9.84 Å². The first-order valence-electron chi connectivity index (χ1n) is 6.77. The molecule has 0 radical (unpaired) electrons. The van der Waals surface area contributed by atoms with Crippen molar-refractivity contribution in [1.29, 1.82) is 0 Å². The molecule has 112 valence electrons. The predicted molar refractivity (Wildman–Crippen MR) is 78.6 cm³/mol. The molecule has 0 fully saturated rings. The quantitative estimate of drug-likeness (QED) is 0.802. The summed E-state index contributed by atoms with van der Waals surface area (Å²) in [4.78, 5) is 2.64. The first-order valence-corrected chi connectivity index (χ1v) is 8.42. The van der Waals surface area contributed by atoms with Gasteiger partial charge in [-0.3, -0.25) is 0 Å². The third-order valence-corrected chi connectivity index (χ3v) is 5.39. The zero-order valence-corrected chi connectivity index (χ0v) is 12.8. The molecule has 0 aromatic heterocycles. The maximum atomic E-state index is 12.0. The number of rotatable bonds is 7. The van der Waals surface area contributed by atoms with Gasteiger partial charge in [-0.2, -0.15) is 0 Å². The average molecular weight is 298 g/mol. The Bertz CT molecular complexity index is 545. The maximum absolute atomic E-state index is 12.0. The van der Waals surface area contributed by atoms with Gasteiger partial charge in [0.1, 0.15) is 0 Å². The minimum absolute atomic E-state index is 0.0907. The first-order chi connectivity index (χ1) is 9.54. The fourth-order valence-electron chi connectivity index (χ4n) is 2.41. The largest absolute Gasteiger partial charge is 0.383 e. The molecule has 0 bridgehead atoms. The fraction of sp³-hybridized carbons (Fsp3) is 0.571. The lowest BCUT2D eigenvalue weighted by molar-refractivity contribution is 0.161. The van der Waals surface area contributed by atoms with Crippen molar-refractivity contribution in [2.75, 3.05) is 46.2 Å². The van der Waals surface area contributed by atoms with E-state index < -0.39 is 9.84 Å². The molecule has 20 heavy (non-hydrogen) atoms. The van der Waals surface area contributed by atoms with Crippen molar-refractivity contribution in [3.63, 3.8) is 0 Å². The highest BCUT2D eigenvalue weighted by Gasteiger charge is 2.33. The van der Waals surface area contributed by atoms with Gasteiger partial charge >= 0.3 is 0 Å². The van der Waals surface area contributed by atoms with Gasteiger partial charge in [0, 0.05) is 32.8 Å². The summed E-state index contributed by atoms with van der Waals surface area (Å²) < 4.78 is 29.1. The number of nitrogens with zero attached hydrogens (tertiary/aromatic N) is 1. The summed E-state index contributed by atoms with van der Waals surface area (Å²) in [7, 11) is 0.599. The van der Waals surface area contributed by atoms with Crippen LogP contribution in [-0.2, 0) is 14.6 Å². The lowest BCUT2D eigenvalue weighted by Gasteiger charge is -2.18. The van der Waals surface area contributed by atoms with E-state index in [4.69, 9.17) is 4.74 Å². The minimum atomic E-state index is -3.12. The zero-order valence-electron chi connectivity index (χ0n) is 12.0. The molecule has 0 spiro atoms. The van der Waals surface area contributed by atoms with E-state index in [9.17, 15) is 8.42 Å². The molecule has 0 amide bonds. The Kier molecular flexibility index (Phi) is 5.15. The van der Waals surface area contributed by atoms with E-state index in [1.807, 2.05) is 19.2 Å². The number of benzene rings is 1. The van der Waals surface area contributed by atoms with Gasteiger partial charge in [0.2, 0.25) is 0 Å². The molecule has 5 nitrogen and oxygen atoms in total. The second-order valence-corrected chi connectivity index (χ2v) is 7.12. The van der Waals surface area contributed by atoms with Crippen molar-refractivity contribution in [2.24, 2.45) is 0 Å². The van der Waals surface area contributed by atoms with Crippen LogP contribution < -0.4 is 5.32 Å². The topological polar surface area (TPSA) is 58.6 Å². The Morgan fingerprint density at radius 1 is 1.35 bits per heavy atom. The van der Waals surface area contributed by atoms with Crippen molar-refractivity contribution in [1.82, 2.24) is 10.2 Å². The maximum Gasteiger partial charge on any atom is 0.180 e. The van der Waals surface area contributed by atoms with Crippen molar-refractivity contribution < 1.29 is 13.2 Å². The second kappa shape index (κ2) is 6.67. The summed E-state index contributed by atoms with van der Waals surface area (Å²) in [5.41, 5.74) is 0.895. The Hall–Kier alpha value is -0.950. The van der Waals surface area contributed by atoms with E-state index in [1.165, 1.54) is 0 Å². The van der Waals surface area contributed by atoms with E-state index in [0.717, 1.165) is 25.2 Å². The van der Waals surface area contributed by atoms with Crippen LogP contribution in [-0.4, -0.2) is 59.5 Å². The fourth-order valence-corrected chi connectivity index (χ4v) is 4.18. The van der Waals surface area contributed by atoms with Crippen molar-refractivity contribution in [3.8, 4) is 0 Å². The number of nitrogens with one attached hydrogen (secondary N) is 1. The van der Waals surface area contributed by atoms with Gasteiger partial charge in [0.25, 0.3) is 0 Å². The van der Waals surface area contributed by atoms with Crippen LogP contribution in [0.15, 0.2) is 29.2 Å². The molecule has 6 heteroatoms. The van der Waals surface area contributed by atoms with Crippen LogP contribution in [0.1, 0.15) is 11.6 Å². The highest BCUT2D eigenvalue weighted by molar-refractivity contribution is 7.91. The monoisotopic (exact) mass is 298 g/mol. The number of hydrogen-bond acceptors (Lipinski definition) is 5. The van der Waals surface area contributed by atoms with E-state index in [2.05, 4.69) is 10.2 Å². The molecular formula is C14H22N2O3S. The molecule has 1 aliphatic rings. The van der Waals surface area contributed by atoms with Gasteiger partial charge in [-0.1, -0.05) is 18.2 Å². The summed E-state index contributed by atoms with van der Waals surface area (Å²) in [6, 6.07) is 7.16. The summed E-state index contributed by atoms with van der Waals surface area (Å²) in [5, 5.41) is 3.34. The number of methoxy groups -OCH3 is 1. The molecule has 2 rings (SSSR count). The summed E-state index contributed by atoms with van der Waals surface area (Å²) in [5.74, 6) is 0.161. The molecule has 0 aliphatic carbocycles. The highest BCUT2D eigenvalue weighted by atomic mass is 32.2. The predicted octanol–water partition coefficient (Wildman–Crippen LogP) is 0.683. The third kappa shape index (κ3) is 3.58. The van der Waals surface area contributed by atoms with Crippen LogP contribution in [0.5, 0.6) is 0 Å². The van der Waals surface area contributed by atoms with Crippen molar-refractivity contribution in [2.45, 2.75) is 10.9 Å². The van der Waals surface area contributed by atoms with E-state index in [1.54, 1.807) is 19.2 Å². The van der Waals surface area contributed by atoms with Gasteiger partial charge in [-0.05, 0) is 18.7 Å². The van der Waals surface area contributed by atoms with E-state index in [0.29, 0.717) is 11.5 Å². The Morgan fingerprint density at radius 2 is 2.10 bits per heavy atom. The number of ether oxygens (including phenoxy) is 1. The van der Waals surface area contributed by atoms with Crippen molar-refractivity contribution in [3.05, 3.63) is 29.8 Å². The molecule has 1 heterocycles. The molecule has 1 atom stereocenters. The molecule has 1 aromatic rings. The Balaban J connectivity index is 1.89. The smallest absolute Gasteiger partial charge is 0.180 e. The third-order valence-electron chi connectivity index (χ3n) is 3.58. The standard InChI is InChI=1S/C14H22N2O3S/c1-16(9-10-19-2)8-7-15-13-11-20(17,18)14-6-4-3-5-12(13)14/h3-6,13,15H,7-11H2,1-2H3. The molecule has 0 saturated heterocycles. The van der Waals surface area contributed by atoms with Crippen LogP contribution in [0.25, 0.3) is 0 Å². The Morgan fingerprint density at radius 3 is 2.85 bits per heavy atom. The normalized spacial score (nSPS) is 20.2. The summed E-state index contributed by atoms with van der Waals surface area (Å²) >= 11 is 0. The number of hydrogen-bond donors (Lipinski definition) is 1. The SMILES string of the molecule is COCCN(C)CCNC1CS(=O)(=O)c2ccccc21. The highest BCUT2D eigenvalue weighted by Crippen LogP contribution is 2.32. The number of likely N-dealkylation sites (N-methyl/N-ethyl adjacent to an activating group) is 1. The van der Waals surface area contributed by atoms with Crippen LogP contribution >= 0.6 is 0 Å². The van der Waals surface area contributed by atoms with Gasteiger partial charge in [-0.25, -0.2) is 8.42 Å². The lowest BCUT2D eigenvalue weighted by atomic mass is 10.1. The Labute approximate surface area is 120 Å². The van der Waals surface area contributed by atoms with Gasteiger partial charge in [-0.15, -0.1) is 0 Å². The molecular weight excluding hydrogens is 276 g/mol. The van der Waals surface area contributed by atoms with Gasteiger partial charge in [0.15, 0.2) is 9.84 Å². The van der Waals surface area contributed by atoms with Crippen LogP contribution in [0, 0.1) is 0 Å². The number of fused-ring (bicyclic) bond motifs is 1. The minimum Gasteiger partial charge on any atom is -0.383 e. The van der Waals surface area contributed by atoms with Gasteiger partial charge in [0.05, 0.1) is 17.3 Å². The zero-order chi connectivity index (χ0) is 14.6. The molecule has 1 N–H and O–H groups in total. The molecule has 1 aliphatic heterocycles. The van der Waals surface area contributed by atoms with Crippen LogP contribution in [0.2, 0.25) is 0 Å². The lowest BCUT2D eigenvalue weighted by Crippen LogP contribution is -2.33. The van der Waals surface area contributed by atoms with E-state index in [-0.39, 0.29) is 11.8 Å². The van der Waals surface area contributed by atoms with E-state index >= 15 is 0 Å².